The monoisotopic (exact) mass is 198 g/mol. The van der Waals surface area contributed by atoms with Gasteiger partial charge in [-0.25, -0.2) is 0 Å². The lowest BCUT2D eigenvalue weighted by molar-refractivity contribution is 0.223. The molecule has 2 heteroatoms. The molecular weight excluding hydrogens is 172 g/mol. The molecular formula is C12H26N2. The minimum absolute atomic E-state index is 0.444. The average molecular weight is 198 g/mol. The first-order valence-electron chi connectivity index (χ1n) is 5.97. The van der Waals surface area contributed by atoms with Gasteiger partial charge in [0.1, 0.15) is 0 Å². The molecule has 1 fully saturated rings. The molecule has 1 aliphatic heterocycles. The van der Waals surface area contributed by atoms with Crippen LogP contribution >= 0.6 is 0 Å². The topological polar surface area (TPSA) is 15.3 Å². The van der Waals surface area contributed by atoms with Crippen LogP contribution in [-0.2, 0) is 0 Å². The fourth-order valence-corrected chi connectivity index (χ4v) is 2.16. The lowest BCUT2D eigenvalue weighted by Gasteiger charge is -2.26. The third-order valence-corrected chi connectivity index (χ3v) is 2.65. The molecule has 1 unspecified atom stereocenters. The third-order valence-electron chi connectivity index (χ3n) is 2.65. The van der Waals surface area contributed by atoms with Crippen LogP contribution < -0.4 is 5.32 Å². The molecule has 1 heterocycles. The minimum atomic E-state index is 0.444. The number of hydrogen-bond acceptors (Lipinski definition) is 2. The molecule has 84 valence electrons. The molecule has 1 saturated heterocycles. The van der Waals surface area contributed by atoms with Gasteiger partial charge >= 0.3 is 0 Å². The second-order valence-electron chi connectivity index (χ2n) is 5.74. The van der Waals surface area contributed by atoms with E-state index in [4.69, 9.17) is 0 Å². The first kappa shape index (κ1) is 12.0. The molecule has 0 radical (unpaired) electrons. The molecule has 0 saturated carbocycles. The lowest BCUT2D eigenvalue weighted by Crippen LogP contribution is -2.36. The molecule has 2 nitrogen and oxygen atoms in total. The lowest BCUT2D eigenvalue weighted by atomic mass is 9.96. The molecule has 1 rings (SSSR count). The van der Waals surface area contributed by atoms with Crippen LogP contribution in [0.2, 0.25) is 0 Å². The molecule has 0 bridgehead atoms. The number of rotatable bonds is 4. The Labute approximate surface area is 89.1 Å². The van der Waals surface area contributed by atoms with E-state index in [2.05, 4.69) is 37.9 Å². The van der Waals surface area contributed by atoms with Gasteiger partial charge in [0, 0.05) is 19.1 Å². The van der Waals surface area contributed by atoms with Gasteiger partial charge < -0.3 is 10.2 Å². The van der Waals surface area contributed by atoms with Crippen molar-refractivity contribution in [1.29, 1.82) is 0 Å². The predicted octanol–water partition coefficient (Wildman–Crippen LogP) is 2.11. The Bertz CT molecular complexity index is 160. The first-order chi connectivity index (χ1) is 6.51. The van der Waals surface area contributed by atoms with Crippen LogP contribution in [0.25, 0.3) is 0 Å². The van der Waals surface area contributed by atoms with Gasteiger partial charge in [-0.05, 0) is 31.3 Å². The van der Waals surface area contributed by atoms with Gasteiger partial charge in [-0.1, -0.05) is 27.7 Å². The number of nitrogens with zero attached hydrogens (tertiary/aromatic N) is 1. The summed E-state index contributed by atoms with van der Waals surface area (Å²) in [5.74, 6) is 0. The normalized spacial score (nSPS) is 24.4. The van der Waals surface area contributed by atoms with Crippen LogP contribution in [-0.4, -0.2) is 37.1 Å². The van der Waals surface area contributed by atoms with Gasteiger partial charge in [-0.2, -0.15) is 0 Å². The molecule has 0 amide bonds. The highest BCUT2D eigenvalue weighted by Crippen LogP contribution is 2.19. The van der Waals surface area contributed by atoms with E-state index in [9.17, 15) is 0 Å². The molecule has 0 aromatic carbocycles. The van der Waals surface area contributed by atoms with Gasteiger partial charge in [-0.3, -0.25) is 0 Å². The zero-order valence-electron chi connectivity index (χ0n) is 10.3. The Hall–Kier alpha value is -0.0800. The maximum absolute atomic E-state index is 3.61. The zero-order valence-corrected chi connectivity index (χ0v) is 10.3. The highest BCUT2D eigenvalue weighted by Gasteiger charge is 2.24. The maximum Gasteiger partial charge on any atom is 0.0207 e. The molecule has 1 N–H and O–H groups in total. The summed E-state index contributed by atoms with van der Waals surface area (Å²) in [5, 5.41) is 3.61. The van der Waals surface area contributed by atoms with Crippen LogP contribution in [0.5, 0.6) is 0 Å². The van der Waals surface area contributed by atoms with Gasteiger partial charge in [0.05, 0.1) is 0 Å². The van der Waals surface area contributed by atoms with Crippen molar-refractivity contribution in [2.75, 3.05) is 26.2 Å². The molecule has 0 aliphatic carbocycles. The van der Waals surface area contributed by atoms with E-state index in [0.29, 0.717) is 5.41 Å². The summed E-state index contributed by atoms with van der Waals surface area (Å²) in [6, 6.07) is 0.747. The van der Waals surface area contributed by atoms with E-state index < -0.39 is 0 Å². The number of likely N-dealkylation sites (tertiary alicyclic amines) is 1. The van der Waals surface area contributed by atoms with E-state index in [0.717, 1.165) is 6.04 Å². The molecule has 1 atom stereocenters. The van der Waals surface area contributed by atoms with E-state index in [1.165, 1.54) is 39.0 Å². The second kappa shape index (κ2) is 5.13. The van der Waals surface area contributed by atoms with Crippen molar-refractivity contribution in [3.8, 4) is 0 Å². The van der Waals surface area contributed by atoms with Crippen LogP contribution in [0.15, 0.2) is 0 Å². The van der Waals surface area contributed by atoms with E-state index >= 15 is 0 Å². The largest absolute Gasteiger partial charge is 0.313 e. The van der Waals surface area contributed by atoms with Crippen LogP contribution in [0.3, 0.4) is 0 Å². The Kier molecular flexibility index (Phi) is 4.39. The van der Waals surface area contributed by atoms with Crippen molar-refractivity contribution >= 4 is 0 Å². The zero-order chi connectivity index (χ0) is 10.6. The van der Waals surface area contributed by atoms with E-state index in [1.807, 2.05) is 0 Å². The fraction of sp³-hybridized carbons (Fsp3) is 1.00. The maximum atomic E-state index is 3.61. The van der Waals surface area contributed by atoms with Crippen molar-refractivity contribution < 1.29 is 0 Å². The van der Waals surface area contributed by atoms with E-state index in [1.54, 1.807) is 0 Å². The Balaban J connectivity index is 2.20. The highest BCUT2D eigenvalue weighted by atomic mass is 15.2. The number of hydrogen-bond donors (Lipinski definition) is 1. The summed E-state index contributed by atoms with van der Waals surface area (Å²) in [5.41, 5.74) is 0.444. The van der Waals surface area contributed by atoms with Crippen LogP contribution in [0, 0.1) is 5.41 Å². The first-order valence-corrected chi connectivity index (χ1v) is 5.97. The highest BCUT2D eigenvalue weighted by molar-refractivity contribution is 4.83. The number of nitrogens with one attached hydrogen (secondary N) is 1. The van der Waals surface area contributed by atoms with Crippen molar-refractivity contribution in [2.45, 2.75) is 46.6 Å². The van der Waals surface area contributed by atoms with Crippen molar-refractivity contribution in [1.82, 2.24) is 10.2 Å². The van der Waals surface area contributed by atoms with Crippen LogP contribution in [0.1, 0.15) is 40.5 Å². The summed E-state index contributed by atoms with van der Waals surface area (Å²) in [7, 11) is 0. The van der Waals surface area contributed by atoms with Crippen molar-refractivity contribution in [2.24, 2.45) is 5.41 Å². The predicted molar refractivity (Wildman–Crippen MR) is 62.6 cm³/mol. The fourth-order valence-electron chi connectivity index (χ4n) is 2.16. The summed E-state index contributed by atoms with van der Waals surface area (Å²) in [6.07, 6.45) is 2.58. The third kappa shape index (κ3) is 4.43. The SMILES string of the molecule is CCCNC1CCN(CC(C)(C)C)C1. The Morgan fingerprint density at radius 1 is 1.36 bits per heavy atom. The van der Waals surface area contributed by atoms with Gasteiger partial charge in [0.25, 0.3) is 0 Å². The molecule has 14 heavy (non-hydrogen) atoms. The van der Waals surface area contributed by atoms with Gasteiger partial charge in [0.2, 0.25) is 0 Å². The summed E-state index contributed by atoms with van der Waals surface area (Å²) >= 11 is 0. The average Bonchev–Trinajstić information content (AvgIpc) is 2.46. The summed E-state index contributed by atoms with van der Waals surface area (Å²) in [6.45, 7) is 14.1. The van der Waals surface area contributed by atoms with E-state index in [-0.39, 0.29) is 0 Å². The Morgan fingerprint density at radius 2 is 2.07 bits per heavy atom. The molecule has 0 aromatic rings. The van der Waals surface area contributed by atoms with Gasteiger partial charge in [0.15, 0.2) is 0 Å². The van der Waals surface area contributed by atoms with Gasteiger partial charge in [-0.15, -0.1) is 0 Å². The molecule has 0 aromatic heterocycles. The molecule has 0 spiro atoms. The summed E-state index contributed by atoms with van der Waals surface area (Å²) < 4.78 is 0. The smallest absolute Gasteiger partial charge is 0.0207 e. The summed E-state index contributed by atoms with van der Waals surface area (Å²) in [4.78, 5) is 2.59. The van der Waals surface area contributed by atoms with Crippen LogP contribution in [0.4, 0.5) is 0 Å². The van der Waals surface area contributed by atoms with Crippen molar-refractivity contribution in [3.05, 3.63) is 0 Å². The Morgan fingerprint density at radius 3 is 2.64 bits per heavy atom. The minimum Gasteiger partial charge on any atom is -0.313 e. The quantitative estimate of drug-likeness (QED) is 0.744. The second-order valence-corrected chi connectivity index (χ2v) is 5.74. The standard InChI is InChI=1S/C12H26N2/c1-5-7-13-11-6-8-14(9-11)10-12(2,3)4/h11,13H,5-10H2,1-4H3. The molecule has 1 aliphatic rings. The van der Waals surface area contributed by atoms with Crippen molar-refractivity contribution in [3.63, 3.8) is 0 Å².